The number of carbonyl (C=O) groups excluding carboxylic acids is 1. The van der Waals surface area contributed by atoms with Crippen LogP contribution < -0.4 is 0 Å². The topological polar surface area (TPSA) is 77.8 Å². The second-order valence-corrected chi connectivity index (χ2v) is 7.43. The van der Waals surface area contributed by atoms with Crippen molar-refractivity contribution in [2.24, 2.45) is 0 Å². The largest absolute Gasteiger partial charge is 0.506 e. The number of phenols is 1. The number of aromatic hydroxyl groups is 1. The van der Waals surface area contributed by atoms with Gasteiger partial charge in [0, 0.05) is 10.0 Å². The number of thioether (sulfide) groups is 1. The highest BCUT2D eigenvalue weighted by Gasteiger charge is 2.33. The van der Waals surface area contributed by atoms with Gasteiger partial charge in [0.05, 0.1) is 9.38 Å². The van der Waals surface area contributed by atoms with Gasteiger partial charge < -0.3 is 10.2 Å². The molecule has 110 valence electrons. The van der Waals surface area contributed by atoms with Gasteiger partial charge >= 0.3 is 5.97 Å². The molecule has 1 aliphatic heterocycles. The van der Waals surface area contributed by atoms with Crippen molar-refractivity contribution in [3.05, 3.63) is 31.5 Å². The van der Waals surface area contributed by atoms with E-state index in [-0.39, 0.29) is 15.0 Å². The minimum atomic E-state index is -1.14. The quantitative estimate of drug-likeness (QED) is 0.541. The van der Waals surface area contributed by atoms with Crippen molar-refractivity contribution in [3.8, 4) is 5.75 Å². The Morgan fingerprint density at radius 1 is 1.43 bits per heavy atom. The van der Waals surface area contributed by atoms with Crippen LogP contribution in [0.3, 0.4) is 0 Å². The predicted molar refractivity (Wildman–Crippen MR) is 91.0 cm³/mol. The van der Waals surface area contributed by atoms with Crippen molar-refractivity contribution < 1.29 is 19.8 Å². The van der Waals surface area contributed by atoms with Crippen LogP contribution >= 0.6 is 55.8 Å². The van der Waals surface area contributed by atoms with Crippen LogP contribution in [0.5, 0.6) is 5.75 Å². The van der Waals surface area contributed by atoms with Gasteiger partial charge in [-0.3, -0.25) is 14.5 Å². The first kappa shape index (κ1) is 16.5. The SMILES string of the molecule is O=C(O)CN1C(=O)/C(=C/c2cc(Br)cc(Br)c2O)SC1=S. The molecule has 5 nitrogen and oxygen atoms in total. The summed E-state index contributed by atoms with van der Waals surface area (Å²) >= 11 is 12.5. The number of carbonyl (C=O) groups is 2. The molecule has 0 spiro atoms. The summed E-state index contributed by atoms with van der Waals surface area (Å²) in [5, 5.41) is 18.7. The lowest BCUT2D eigenvalue weighted by atomic mass is 10.2. The molecule has 0 bridgehead atoms. The normalized spacial score (nSPS) is 16.9. The number of carboxylic acid groups (broad SMARTS) is 1. The lowest BCUT2D eigenvalue weighted by Crippen LogP contribution is -2.33. The summed E-state index contributed by atoms with van der Waals surface area (Å²) in [5.41, 5.74) is 0.423. The van der Waals surface area contributed by atoms with Gasteiger partial charge in [-0.1, -0.05) is 39.9 Å². The zero-order chi connectivity index (χ0) is 15.7. The number of hydrogen-bond donors (Lipinski definition) is 2. The first-order chi connectivity index (χ1) is 9.79. The number of hydrogen-bond acceptors (Lipinski definition) is 5. The number of aliphatic carboxylic acids is 1. The maximum atomic E-state index is 12.1. The van der Waals surface area contributed by atoms with Crippen molar-refractivity contribution in [1.29, 1.82) is 0 Å². The minimum absolute atomic E-state index is 0.0123. The van der Waals surface area contributed by atoms with Crippen molar-refractivity contribution in [1.82, 2.24) is 4.90 Å². The zero-order valence-electron chi connectivity index (χ0n) is 10.2. The summed E-state index contributed by atoms with van der Waals surface area (Å²) in [6, 6.07) is 3.31. The Morgan fingerprint density at radius 2 is 2.10 bits per heavy atom. The summed E-state index contributed by atoms with van der Waals surface area (Å²) < 4.78 is 1.38. The third-order valence-electron chi connectivity index (χ3n) is 2.51. The fourth-order valence-corrected chi connectivity index (χ4v) is 4.11. The zero-order valence-corrected chi connectivity index (χ0v) is 15.0. The number of nitrogens with zero attached hydrogens (tertiary/aromatic N) is 1. The summed E-state index contributed by atoms with van der Waals surface area (Å²) in [6.45, 7) is -0.476. The molecule has 1 aromatic rings. The van der Waals surface area contributed by atoms with Gasteiger partial charge in [0.25, 0.3) is 5.91 Å². The number of amides is 1. The lowest BCUT2D eigenvalue weighted by Gasteiger charge is -2.10. The molecule has 0 radical (unpaired) electrons. The van der Waals surface area contributed by atoms with Gasteiger partial charge in [-0.2, -0.15) is 0 Å². The molecule has 1 aromatic carbocycles. The average Bonchev–Trinajstić information content (AvgIpc) is 2.63. The Morgan fingerprint density at radius 3 is 2.71 bits per heavy atom. The summed E-state index contributed by atoms with van der Waals surface area (Å²) in [6.07, 6.45) is 1.48. The Kier molecular flexibility index (Phi) is 5.07. The van der Waals surface area contributed by atoms with Crippen LogP contribution in [-0.4, -0.2) is 37.9 Å². The number of carboxylic acids is 1. The fraction of sp³-hybridized carbons (Fsp3) is 0.0833. The van der Waals surface area contributed by atoms with E-state index in [4.69, 9.17) is 17.3 Å². The Balaban J connectivity index is 2.37. The Hall–Kier alpha value is -0.900. The van der Waals surface area contributed by atoms with Gasteiger partial charge in [-0.15, -0.1) is 0 Å². The number of benzene rings is 1. The highest BCUT2D eigenvalue weighted by atomic mass is 79.9. The first-order valence-electron chi connectivity index (χ1n) is 5.44. The smallest absolute Gasteiger partial charge is 0.323 e. The molecule has 2 N–H and O–H groups in total. The van der Waals surface area contributed by atoms with E-state index in [1.54, 1.807) is 12.1 Å². The van der Waals surface area contributed by atoms with Gasteiger partial charge in [0.1, 0.15) is 16.6 Å². The highest BCUT2D eigenvalue weighted by molar-refractivity contribution is 9.11. The van der Waals surface area contributed by atoms with E-state index in [1.165, 1.54) is 6.08 Å². The molecule has 21 heavy (non-hydrogen) atoms. The molecule has 1 fully saturated rings. The second-order valence-electron chi connectivity index (χ2n) is 3.99. The van der Waals surface area contributed by atoms with Crippen LogP contribution in [0.2, 0.25) is 0 Å². The molecule has 0 unspecified atom stereocenters. The molecule has 1 saturated heterocycles. The monoisotopic (exact) mass is 451 g/mol. The molecular formula is C12H7Br2NO4S2. The first-order valence-corrected chi connectivity index (χ1v) is 8.26. The van der Waals surface area contributed by atoms with E-state index in [2.05, 4.69) is 31.9 Å². The molecule has 1 amide bonds. The van der Waals surface area contributed by atoms with Gasteiger partial charge in [-0.25, -0.2) is 0 Å². The molecule has 0 aromatic heterocycles. The van der Waals surface area contributed by atoms with E-state index in [9.17, 15) is 14.7 Å². The van der Waals surface area contributed by atoms with Crippen molar-refractivity contribution >= 4 is 78.1 Å². The van der Waals surface area contributed by atoms with E-state index in [0.717, 1.165) is 21.1 Å². The second kappa shape index (κ2) is 6.47. The van der Waals surface area contributed by atoms with E-state index >= 15 is 0 Å². The summed E-state index contributed by atoms with van der Waals surface area (Å²) in [4.78, 5) is 24.1. The van der Waals surface area contributed by atoms with Crippen molar-refractivity contribution in [3.63, 3.8) is 0 Å². The summed E-state index contributed by atoms with van der Waals surface area (Å²) in [5.74, 6) is -1.63. The number of phenolic OH excluding ortho intramolecular Hbond substituents is 1. The summed E-state index contributed by atoms with van der Waals surface area (Å²) in [7, 11) is 0. The molecule has 0 aliphatic carbocycles. The molecule has 1 heterocycles. The maximum Gasteiger partial charge on any atom is 0.323 e. The molecular weight excluding hydrogens is 446 g/mol. The van der Waals surface area contributed by atoms with Crippen LogP contribution in [0, 0.1) is 0 Å². The van der Waals surface area contributed by atoms with Crippen molar-refractivity contribution in [2.75, 3.05) is 6.54 Å². The predicted octanol–water partition coefficient (Wildman–Crippen LogP) is 3.20. The molecule has 0 saturated carbocycles. The molecule has 0 atom stereocenters. The standard InChI is InChI=1S/C12H7Br2NO4S2/c13-6-1-5(10(18)7(14)3-6)2-8-11(19)15(4-9(16)17)12(20)21-8/h1-3,18H,4H2,(H,16,17)/b8-2-. The van der Waals surface area contributed by atoms with Gasteiger partial charge in [0.2, 0.25) is 0 Å². The van der Waals surface area contributed by atoms with E-state index < -0.39 is 18.4 Å². The third kappa shape index (κ3) is 3.65. The van der Waals surface area contributed by atoms with Crippen LogP contribution in [0.4, 0.5) is 0 Å². The van der Waals surface area contributed by atoms with Crippen molar-refractivity contribution in [2.45, 2.75) is 0 Å². The van der Waals surface area contributed by atoms with Gasteiger partial charge in [0.15, 0.2) is 0 Å². The lowest BCUT2D eigenvalue weighted by molar-refractivity contribution is -0.140. The molecule has 1 aliphatic rings. The average molecular weight is 453 g/mol. The Bertz CT molecular complexity index is 690. The molecule has 9 heteroatoms. The van der Waals surface area contributed by atoms with E-state index in [1.807, 2.05) is 0 Å². The van der Waals surface area contributed by atoms with Crippen LogP contribution in [0.15, 0.2) is 26.0 Å². The number of halogens is 2. The maximum absolute atomic E-state index is 12.1. The van der Waals surface area contributed by atoms with Crippen LogP contribution in [0.25, 0.3) is 6.08 Å². The molecule has 2 rings (SSSR count). The minimum Gasteiger partial charge on any atom is -0.506 e. The fourth-order valence-electron chi connectivity index (χ4n) is 1.61. The van der Waals surface area contributed by atoms with Crippen LogP contribution in [0.1, 0.15) is 5.56 Å². The highest BCUT2D eigenvalue weighted by Crippen LogP contribution is 2.37. The number of thiocarbonyl (C=S) groups is 1. The Labute approximate surface area is 146 Å². The van der Waals surface area contributed by atoms with Crippen LogP contribution in [-0.2, 0) is 9.59 Å². The van der Waals surface area contributed by atoms with E-state index in [0.29, 0.717) is 10.0 Å². The van der Waals surface area contributed by atoms with Gasteiger partial charge in [-0.05, 0) is 34.1 Å². The number of rotatable bonds is 3. The third-order valence-corrected chi connectivity index (χ3v) is 4.95.